The zero-order chi connectivity index (χ0) is 23.1. The maximum atomic E-state index is 13.3. The Kier molecular flexibility index (Phi) is 6.52. The molecule has 0 amide bonds. The van der Waals surface area contributed by atoms with Gasteiger partial charge in [0.2, 0.25) is 5.78 Å². The highest BCUT2D eigenvalue weighted by molar-refractivity contribution is 6.45. The maximum Gasteiger partial charge on any atom is 0.207 e. The highest BCUT2D eigenvalue weighted by Gasteiger charge is 2.67. The molecule has 168 valence electrons. The summed E-state index contributed by atoms with van der Waals surface area (Å²) in [6.45, 7) is 11.2. The molecule has 1 aliphatic carbocycles. The van der Waals surface area contributed by atoms with E-state index in [1.165, 1.54) is 14.0 Å². The minimum Gasteiger partial charge on any atom is -0.465 e. The summed E-state index contributed by atoms with van der Waals surface area (Å²) in [6.07, 6.45) is 10.4. The molecule has 0 unspecified atom stereocenters. The molecule has 0 bridgehead atoms. The summed E-state index contributed by atoms with van der Waals surface area (Å²) in [5.74, 6) is -1.89. The van der Waals surface area contributed by atoms with Gasteiger partial charge >= 0.3 is 0 Å². The summed E-state index contributed by atoms with van der Waals surface area (Å²) in [5, 5.41) is 0.0775. The van der Waals surface area contributed by atoms with Gasteiger partial charge in [-0.05, 0) is 45.8 Å². The fourth-order valence-corrected chi connectivity index (χ4v) is 5.11. The van der Waals surface area contributed by atoms with Crippen molar-refractivity contribution in [3.05, 3.63) is 58.1 Å². The second kappa shape index (κ2) is 8.53. The quantitative estimate of drug-likeness (QED) is 0.512. The zero-order valence-corrected chi connectivity index (χ0v) is 20.0. The molecule has 3 aliphatic rings. The van der Waals surface area contributed by atoms with Gasteiger partial charge in [-0.25, -0.2) is 0 Å². The first-order valence-corrected chi connectivity index (χ1v) is 11.0. The van der Waals surface area contributed by atoms with Crippen LogP contribution < -0.4 is 0 Å². The molecule has 2 heterocycles. The minimum atomic E-state index is -1.31. The van der Waals surface area contributed by atoms with Crippen LogP contribution in [-0.4, -0.2) is 30.1 Å². The molecule has 3 rings (SSSR count). The van der Waals surface area contributed by atoms with Crippen LogP contribution in [0.4, 0.5) is 0 Å². The van der Waals surface area contributed by atoms with E-state index in [2.05, 4.69) is 19.9 Å². The van der Waals surface area contributed by atoms with Gasteiger partial charge in [-0.3, -0.25) is 9.59 Å². The highest BCUT2D eigenvalue weighted by Crippen LogP contribution is 2.57. The molecule has 0 N–H and O–H groups in total. The number of allylic oxidation sites excluding steroid dienone is 6. The Morgan fingerprint density at radius 1 is 1.35 bits per heavy atom. The van der Waals surface area contributed by atoms with Crippen LogP contribution in [0.15, 0.2) is 58.1 Å². The summed E-state index contributed by atoms with van der Waals surface area (Å²) in [5.41, 5.74) is 1.06. The van der Waals surface area contributed by atoms with Gasteiger partial charge in [0.1, 0.15) is 17.1 Å². The van der Waals surface area contributed by atoms with Gasteiger partial charge in [0.25, 0.3) is 0 Å². The number of carbonyl (C=O) groups excluding carboxylic acids is 2. The van der Waals surface area contributed by atoms with Gasteiger partial charge < -0.3 is 14.2 Å². The summed E-state index contributed by atoms with van der Waals surface area (Å²) in [7, 11) is 1.47. The van der Waals surface area contributed by atoms with Crippen molar-refractivity contribution in [2.45, 2.75) is 59.4 Å². The van der Waals surface area contributed by atoms with E-state index in [-0.39, 0.29) is 16.6 Å². The van der Waals surface area contributed by atoms with E-state index in [1.54, 1.807) is 26.2 Å². The lowest BCUT2D eigenvalue weighted by molar-refractivity contribution is -0.233. The molecule has 1 fully saturated rings. The molecule has 0 aromatic heterocycles. The van der Waals surface area contributed by atoms with Crippen LogP contribution in [0.25, 0.3) is 0 Å². The number of carbonyl (C=O) groups is 2. The molecule has 0 radical (unpaired) electrons. The van der Waals surface area contributed by atoms with Crippen LogP contribution in [0.3, 0.4) is 0 Å². The summed E-state index contributed by atoms with van der Waals surface area (Å²) < 4.78 is 17.5. The molecule has 6 heteroatoms. The smallest absolute Gasteiger partial charge is 0.207 e. The Hall–Kier alpha value is -1.95. The van der Waals surface area contributed by atoms with E-state index in [9.17, 15) is 9.59 Å². The fourth-order valence-electron chi connectivity index (χ4n) is 4.75. The number of fused-ring (bicyclic) bond motifs is 3. The topological polar surface area (TPSA) is 61.8 Å². The highest BCUT2D eigenvalue weighted by atomic mass is 35.5. The standard InChI is InChI=1S/C25H31ClO5/c1-8-14(2)11-15(3)9-10-17-12-18-19(13-30-17)21-20(16(4)27)25(6,29-7)31-24(21,5)23(28)22(18)26/h9-14,20-21H,8H2,1-7H3/b10-9+,15-11+/t14-,20+,21+,24+,25-/m0/s1. The largest absolute Gasteiger partial charge is 0.465 e. The number of halogens is 1. The van der Waals surface area contributed by atoms with Crippen molar-refractivity contribution in [3.8, 4) is 0 Å². The van der Waals surface area contributed by atoms with Gasteiger partial charge in [0.05, 0.1) is 17.2 Å². The van der Waals surface area contributed by atoms with E-state index in [4.69, 9.17) is 25.8 Å². The van der Waals surface area contributed by atoms with Gasteiger partial charge in [-0.15, -0.1) is 0 Å². The third-order valence-electron chi connectivity index (χ3n) is 6.59. The van der Waals surface area contributed by atoms with Crippen LogP contribution in [0.2, 0.25) is 0 Å². The first-order chi connectivity index (χ1) is 14.5. The minimum absolute atomic E-state index is 0.0775. The van der Waals surface area contributed by atoms with E-state index in [0.29, 0.717) is 22.8 Å². The van der Waals surface area contributed by atoms with Crippen molar-refractivity contribution in [3.63, 3.8) is 0 Å². The molecule has 0 saturated carbocycles. The fraction of sp³-hybridized carbons (Fsp3) is 0.520. The zero-order valence-electron chi connectivity index (χ0n) is 19.2. The van der Waals surface area contributed by atoms with Gasteiger partial charge in [-0.1, -0.05) is 49.6 Å². The SMILES string of the molecule is CC[C@H](C)/C=C(C)/C=C/C1=CC2=C(Cl)C(=O)[C@]3(C)O[C@](C)(OC)[C@H](C(C)=O)[C@H]3C2=CO1. The molecule has 31 heavy (non-hydrogen) atoms. The molecule has 5 nitrogen and oxygen atoms in total. The number of hydrogen-bond acceptors (Lipinski definition) is 5. The van der Waals surface area contributed by atoms with Crippen LogP contribution in [0.5, 0.6) is 0 Å². The molecule has 1 saturated heterocycles. The maximum absolute atomic E-state index is 13.3. The predicted octanol–water partition coefficient (Wildman–Crippen LogP) is 5.38. The Morgan fingerprint density at radius 2 is 2.03 bits per heavy atom. The van der Waals surface area contributed by atoms with Crippen LogP contribution >= 0.6 is 11.6 Å². The number of methoxy groups -OCH3 is 1. The third kappa shape index (κ3) is 3.99. The second-order valence-corrected chi connectivity index (χ2v) is 9.30. The van der Waals surface area contributed by atoms with Crippen LogP contribution in [0, 0.1) is 17.8 Å². The Bertz CT molecular complexity index is 953. The first kappa shape index (κ1) is 23.7. The van der Waals surface area contributed by atoms with Crippen molar-refractivity contribution in [1.82, 2.24) is 0 Å². The van der Waals surface area contributed by atoms with Gasteiger partial charge in [-0.2, -0.15) is 0 Å². The average molecular weight is 447 g/mol. The molecule has 2 aliphatic heterocycles. The lowest BCUT2D eigenvalue weighted by Gasteiger charge is -2.37. The number of ether oxygens (including phenoxy) is 3. The first-order valence-electron chi connectivity index (χ1n) is 10.6. The molecule has 5 atom stereocenters. The van der Waals surface area contributed by atoms with E-state index in [0.717, 1.165) is 12.0 Å². The van der Waals surface area contributed by atoms with Crippen molar-refractivity contribution < 1.29 is 23.8 Å². The van der Waals surface area contributed by atoms with E-state index < -0.39 is 23.2 Å². The molecule has 0 aromatic rings. The van der Waals surface area contributed by atoms with Crippen LogP contribution in [0.1, 0.15) is 48.0 Å². The third-order valence-corrected chi connectivity index (χ3v) is 6.97. The lowest BCUT2D eigenvalue weighted by Crippen LogP contribution is -2.47. The normalized spacial score (nSPS) is 34.2. The number of hydrogen-bond donors (Lipinski definition) is 0. The molecule has 0 aromatic carbocycles. The van der Waals surface area contributed by atoms with Crippen molar-refractivity contribution in [2.75, 3.05) is 7.11 Å². The Labute approximate surface area is 189 Å². The summed E-state index contributed by atoms with van der Waals surface area (Å²) in [6, 6.07) is 0. The lowest BCUT2D eigenvalue weighted by atomic mass is 9.66. The van der Waals surface area contributed by atoms with E-state index >= 15 is 0 Å². The predicted molar refractivity (Wildman–Crippen MR) is 120 cm³/mol. The number of rotatable bonds is 6. The number of Topliss-reactive ketones (excluding diaryl/α,β-unsaturated/α-hetero) is 2. The average Bonchev–Trinajstić information content (AvgIpc) is 2.99. The monoisotopic (exact) mass is 446 g/mol. The van der Waals surface area contributed by atoms with Crippen molar-refractivity contribution in [2.24, 2.45) is 17.8 Å². The van der Waals surface area contributed by atoms with E-state index in [1.807, 2.05) is 19.1 Å². The Morgan fingerprint density at radius 3 is 2.61 bits per heavy atom. The summed E-state index contributed by atoms with van der Waals surface area (Å²) in [4.78, 5) is 25.9. The van der Waals surface area contributed by atoms with Crippen molar-refractivity contribution in [1.29, 1.82) is 0 Å². The van der Waals surface area contributed by atoms with Gasteiger partial charge in [0.15, 0.2) is 5.79 Å². The number of ketones is 2. The van der Waals surface area contributed by atoms with Crippen LogP contribution in [-0.2, 0) is 23.8 Å². The molecular formula is C25H31ClO5. The van der Waals surface area contributed by atoms with Gasteiger partial charge in [0, 0.05) is 24.2 Å². The Balaban J connectivity index is 2.01. The molecular weight excluding hydrogens is 416 g/mol. The molecule has 0 spiro atoms. The summed E-state index contributed by atoms with van der Waals surface area (Å²) >= 11 is 6.52. The van der Waals surface area contributed by atoms with Crippen molar-refractivity contribution >= 4 is 23.2 Å². The second-order valence-electron chi connectivity index (χ2n) is 8.92.